The minimum absolute atomic E-state index is 0.0867. The van der Waals surface area contributed by atoms with Gasteiger partial charge < -0.3 is 10.1 Å². The molecule has 1 heterocycles. The van der Waals surface area contributed by atoms with Gasteiger partial charge in [0.25, 0.3) is 11.8 Å². The van der Waals surface area contributed by atoms with Crippen LogP contribution in [0, 0.1) is 17.5 Å². The minimum atomic E-state index is -4.89. The number of halogens is 4. The first kappa shape index (κ1) is 26.1. The molecule has 0 radical (unpaired) electrons. The van der Waals surface area contributed by atoms with Crippen LogP contribution in [0.3, 0.4) is 0 Å². The molecule has 0 saturated carbocycles. The number of hydrogen-bond donors (Lipinski definition) is 2. The zero-order valence-corrected chi connectivity index (χ0v) is 20.0. The fourth-order valence-corrected chi connectivity index (χ4v) is 3.96. The molecule has 0 spiro atoms. The van der Waals surface area contributed by atoms with E-state index in [2.05, 4.69) is 15.5 Å². The maximum absolute atomic E-state index is 14.4. The molecule has 0 aliphatic rings. The SMILES string of the molecule is Cc1c(C(F)(F)F)nnc(Oc2ccc(C(C)C)c(F)c2)c1C(=O)Nc1cccc(S(C)(=N)=O)c1. The van der Waals surface area contributed by atoms with Gasteiger partial charge in [-0.1, -0.05) is 26.0 Å². The Labute approximate surface area is 199 Å². The van der Waals surface area contributed by atoms with Gasteiger partial charge in [0.2, 0.25) is 0 Å². The zero-order valence-electron chi connectivity index (χ0n) is 19.2. The van der Waals surface area contributed by atoms with Crippen LogP contribution in [0.5, 0.6) is 11.6 Å². The van der Waals surface area contributed by atoms with Crippen molar-refractivity contribution in [3.05, 3.63) is 70.7 Å². The summed E-state index contributed by atoms with van der Waals surface area (Å²) in [6.07, 6.45) is -3.70. The molecule has 0 saturated heterocycles. The Balaban J connectivity index is 2.06. The molecule has 12 heteroatoms. The molecule has 0 aliphatic heterocycles. The Bertz CT molecular complexity index is 1390. The minimum Gasteiger partial charge on any atom is -0.437 e. The summed E-state index contributed by atoms with van der Waals surface area (Å²) in [4.78, 5) is 13.2. The summed E-state index contributed by atoms with van der Waals surface area (Å²) in [5.74, 6) is -2.36. The van der Waals surface area contributed by atoms with Gasteiger partial charge in [-0.3, -0.25) is 4.79 Å². The van der Waals surface area contributed by atoms with E-state index >= 15 is 0 Å². The summed E-state index contributed by atoms with van der Waals surface area (Å²) in [6.45, 7) is 4.62. The number of nitrogens with zero attached hydrogens (tertiary/aromatic N) is 2. The van der Waals surface area contributed by atoms with E-state index in [1.165, 1.54) is 42.7 Å². The first-order valence-electron chi connectivity index (χ1n) is 10.3. The van der Waals surface area contributed by atoms with Crippen LogP contribution in [-0.4, -0.2) is 26.6 Å². The van der Waals surface area contributed by atoms with Gasteiger partial charge in [-0.2, -0.15) is 13.2 Å². The van der Waals surface area contributed by atoms with Crippen molar-refractivity contribution in [2.45, 2.75) is 37.8 Å². The molecular formula is C23H22F4N4O3S. The molecule has 0 fully saturated rings. The molecule has 1 unspecified atom stereocenters. The highest BCUT2D eigenvalue weighted by atomic mass is 32.2. The molecule has 3 aromatic rings. The van der Waals surface area contributed by atoms with Crippen LogP contribution in [-0.2, 0) is 15.9 Å². The Morgan fingerprint density at radius 2 is 1.83 bits per heavy atom. The number of carbonyl (C=O) groups is 1. The average molecular weight is 511 g/mol. The number of alkyl halides is 3. The lowest BCUT2D eigenvalue weighted by Crippen LogP contribution is -2.21. The van der Waals surface area contributed by atoms with Crippen LogP contribution in [0.25, 0.3) is 0 Å². The van der Waals surface area contributed by atoms with Gasteiger partial charge in [0.1, 0.15) is 17.1 Å². The number of ether oxygens (including phenoxy) is 1. The van der Waals surface area contributed by atoms with E-state index in [9.17, 15) is 26.6 Å². The lowest BCUT2D eigenvalue weighted by atomic mass is 10.0. The molecule has 1 atom stereocenters. The van der Waals surface area contributed by atoms with Gasteiger partial charge in [0, 0.05) is 22.9 Å². The predicted octanol–water partition coefficient (Wildman–Crippen LogP) is 6.15. The van der Waals surface area contributed by atoms with E-state index in [1.807, 2.05) is 0 Å². The van der Waals surface area contributed by atoms with Crippen molar-refractivity contribution >= 4 is 21.3 Å². The number of rotatable bonds is 6. The predicted molar refractivity (Wildman–Crippen MR) is 122 cm³/mol. The highest BCUT2D eigenvalue weighted by Crippen LogP contribution is 2.35. The lowest BCUT2D eigenvalue weighted by molar-refractivity contribution is -0.142. The van der Waals surface area contributed by atoms with E-state index in [1.54, 1.807) is 13.8 Å². The van der Waals surface area contributed by atoms with E-state index in [0.29, 0.717) is 5.56 Å². The van der Waals surface area contributed by atoms with E-state index in [4.69, 9.17) is 9.52 Å². The molecule has 7 nitrogen and oxygen atoms in total. The number of anilines is 1. The Morgan fingerprint density at radius 3 is 2.40 bits per heavy atom. The zero-order chi connectivity index (χ0) is 26.1. The normalized spacial score (nSPS) is 13.4. The van der Waals surface area contributed by atoms with Crippen molar-refractivity contribution in [3.8, 4) is 11.6 Å². The van der Waals surface area contributed by atoms with Gasteiger partial charge >= 0.3 is 6.18 Å². The molecule has 1 aromatic heterocycles. The largest absolute Gasteiger partial charge is 0.437 e. The number of benzene rings is 2. The van der Waals surface area contributed by atoms with Crippen molar-refractivity contribution in [1.29, 1.82) is 4.78 Å². The third kappa shape index (κ3) is 5.94. The topological polar surface area (TPSA) is 105 Å². The smallest absolute Gasteiger partial charge is 0.435 e. The molecule has 0 aliphatic carbocycles. The van der Waals surface area contributed by atoms with Gasteiger partial charge in [0.15, 0.2) is 5.69 Å². The van der Waals surface area contributed by atoms with Crippen LogP contribution in [0.4, 0.5) is 23.2 Å². The van der Waals surface area contributed by atoms with E-state index in [-0.39, 0.29) is 22.3 Å². The summed E-state index contributed by atoms with van der Waals surface area (Å²) >= 11 is 0. The standard InChI is InChI=1S/C23H22F4N4O3S/c1-12(2)17-9-8-15(11-18(17)24)34-22-19(13(3)20(30-31-22)23(25,26)27)21(32)29-14-6-5-7-16(10-14)35(4,28)33/h5-12,28H,1-4H3,(H,29,32). The average Bonchev–Trinajstić information content (AvgIpc) is 2.72. The summed E-state index contributed by atoms with van der Waals surface area (Å²) in [6, 6.07) is 9.48. The molecule has 2 N–H and O–H groups in total. The monoisotopic (exact) mass is 510 g/mol. The molecular weight excluding hydrogens is 488 g/mol. The number of hydrogen-bond acceptors (Lipinski definition) is 6. The lowest BCUT2D eigenvalue weighted by Gasteiger charge is -2.16. The second-order valence-corrected chi connectivity index (χ2v) is 10.3. The highest BCUT2D eigenvalue weighted by Gasteiger charge is 2.38. The van der Waals surface area contributed by atoms with E-state index < -0.39 is 50.3 Å². The number of carbonyl (C=O) groups excluding carboxylic acids is 1. The molecule has 3 rings (SSSR count). The molecule has 1 amide bonds. The third-order valence-electron chi connectivity index (χ3n) is 5.03. The number of aromatic nitrogens is 2. The second kappa shape index (κ2) is 9.61. The van der Waals surface area contributed by atoms with Crippen molar-refractivity contribution in [2.24, 2.45) is 0 Å². The fourth-order valence-electron chi connectivity index (χ4n) is 3.27. The number of nitrogens with one attached hydrogen (secondary N) is 2. The van der Waals surface area contributed by atoms with Crippen molar-refractivity contribution in [2.75, 3.05) is 11.6 Å². The van der Waals surface area contributed by atoms with Crippen molar-refractivity contribution < 1.29 is 31.3 Å². The maximum atomic E-state index is 14.4. The Hall–Kier alpha value is -3.54. The van der Waals surface area contributed by atoms with Crippen LogP contribution >= 0.6 is 0 Å². The van der Waals surface area contributed by atoms with E-state index in [0.717, 1.165) is 13.0 Å². The molecule has 0 bridgehead atoms. The Kier molecular flexibility index (Phi) is 7.16. The third-order valence-corrected chi connectivity index (χ3v) is 6.18. The van der Waals surface area contributed by atoms with Gasteiger partial charge in [-0.15, -0.1) is 10.2 Å². The van der Waals surface area contributed by atoms with Crippen LogP contribution < -0.4 is 10.1 Å². The maximum Gasteiger partial charge on any atom is 0.435 e. The fraction of sp³-hybridized carbons (Fsp3) is 0.261. The van der Waals surface area contributed by atoms with Crippen LogP contribution in [0.2, 0.25) is 0 Å². The van der Waals surface area contributed by atoms with Gasteiger partial charge in [-0.25, -0.2) is 13.4 Å². The van der Waals surface area contributed by atoms with Gasteiger partial charge in [0.05, 0.1) is 9.73 Å². The summed E-state index contributed by atoms with van der Waals surface area (Å²) in [5, 5.41) is 9.05. The first-order valence-corrected chi connectivity index (χ1v) is 12.2. The Morgan fingerprint density at radius 1 is 1.14 bits per heavy atom. The first-order chi connectivity index (χ1) is 16.2. The van der Waals surface area contributed by atoms with Crippen LogP contribution in [0.1, 0.15) is 46.9 Å². The van der Waals surface area contributed by atoms with Crippen LogP contribution in [0.15, 0.2) is 47.4 Å². The molecule has 35 heavy (non-hydrogen) atoms. The molecule has 2 aromatic carbocycles. The van der Waals surface area contributed by atoms with Gasteiger partial charge in [-0.05, 0) is 48.2 Å². The van der Waals surface area contributed by atoms with Crippen molar-refractivity contribution in [1.82, 2.24) is 10.2 Å². The quantitative estimate of drug-likeness (QED) is 0.387. The highest BCUT2D eigenvalue weighted by molar-refractivity contribution is 7.91. The van der Waals surface area contributed by atoms with Crippen molar-refractivity contribution in [3.63, 3.8) is 0 Å². The number of amides is 1. The molecule has 186 valence electrons. The second-order valence-electron chi connectivity index (χ2n) is 8.12. The summed E-state index contributed by atoms with van der Waals surface area (Å²) in [5.41, 5.74) is -1.98. The summed E-state index contributed by atoms with van der Waals surface area (Å²) in [7, 11) is -3.11. The summed E-state index contributed by atoms with van der Waals surface area (Å²) < 4.78 is 80.0.